The second-order valence-electron chi connectivity index (χ2n) is 7.85. The van der Waals surface area contributed by atoms with Gasteiger partial charge in [0.1, 0.15) is 5.82 Å². The molecule has 0 fully saturated rings. The number of rotatable bonds is 7. The van der Waals surface area contributed by atoms with Crippen molar-refractivity contribution in [1.82, 2.24) is 5.32 Å². The maximum absolute atomic E-state index is 14.1. The van der Waals surface area contributed by atoms with Crippen molar-refractivity contribution in [2.75, 3.05) is 36.5 Å². The van der Waals surface area contributed by atoms with E-state index in [9.17, 15) is 14.0 Å². The fourth-order valence-corrected chi connectivity index (χ4v) is 4.87. The molecule has 3 aromatic carbocycles. The summed E-state index contributed by atoms with van der Waals surface area (Å²) in [5.41, 5.74) is 2.63. The molecule has 7 heteroatoms. The van der Waals surface area contributed by atoms with E-state index in [-0.39, 0.29) is 17.6 Å². The maximum Gasteiger partial charge on any atom is 0.264 e. The molecule has 5 nitrogen and oxygen atoms in total. The highest BCUT2D eigenvalue weighted by Gasteiger charge is 2.27. The Morgan fingerprint density at radius 1 is 1.09 bits per heavy atom. The van der Waals surface area contributed by atoms with Crippen LogP contribution in [-0.2, 0) is 4.79 Å². The summed E-state index contributed by atoms with van der Waals surface area (Å²) in [5, 5.41) is 2.97. The van der Waals surface area contributed by atoms with Crippen LogP contribution in [0, 0.1) is 5.82 Å². The number of anilines is 2. The average Bonchev–Trinajstić information content (AvgIpc) is 2.86. The Labute approximate surface area is 203 Å². The van der Waals surface area contributed by atoms with Gasteiger partial charge in [-0.1, -0.05) is 48.2 Å². The van der Waals surface area contributed by atoms with Crippen molar-refractivity contribution < 1.29 is 14.0 Å². The number of carbonyl (C=O) groups excluding carboxylic acids is 2. The lowest BCUT2D eigenvalue weighted by Crippen LogP contribution is -2.35. The Bertz CT molecular complexity index is 1230. The summed E-state index contributed by atoms with van der Waals surface area (Å²) >= 11 is 1.28. The van der Waals surface area contributed by atoms with E-state index in [1.54, 1.807) is 43.5 Å². The minimum atomic E-state index is -0.377. The second-order valence-corrected chi connectivity index (χ2v) is 8.93. The number of carbonyl (C=O) groups is 2. The largest absolute Gasteiger partial charge is 0.370 e. The number of benzene rings is 3. The van der Waals surface area contributed by atoms with E-state index in [0.717, 1.165) is 17.1 Å². The number of hydrogen-bond acceptors (Lipinski definition) is 4. The third-order valence-corrected chi connectivity index (χ3v) is 6.76. The molecule has 2 amide bonds. The number of nitrogens with one attached hydrogen (secondary N) is 1. The molecule has 1 aliphatic heterocycles. The lowest BCUT2D eigenvalue weighted by molar-refractivity contribution is -0.114. The molecule has 0 spiro atoms. The van der Waals surface area contributed by atoms with Crippen LogP contribution in [0.2, 0.25) is 0 Å². The molecule has 1 N–H and O–H groups in total. The van der Waals surface area contributed by atoms with E-state index in [0.29, 0.717) is 34.8 Å². The second kappa shape index (κ2) is 10.6. The van der Waals surface area contributed by atoms with Crippen molar-refractivity contribution in [2.24, 2.45) is 0 Å². The van der Waals surface area contributed by atoms with Crippen LogP contribution in [0.5, 0.6) is 0 Å². The van der Waals surface area contributed by atoms with Crippen molar-refractivity contribution >= 4 is 41.0 Å². The number of halogens is 1. The molecule has 0 radical (unpaired) electrons. The monoisotopic (exact) mass is 475 g/mol. The average molecular weight is 476 g/mol. The van der Waals surface area contributed by atoms with E-state index in [2.05, 4.69) is 17.1 Å². The minimum absolute atomic E-state index is 0.189. The summed E-state index contributed by atoms with van der Waals surface area (Å²) in [5.74, 6) is -0.803. The first-order valence-corrected chi connectivity index (χ1v) is 11.9. The minimum Gasteiger partial charge on any atom is -0.370 e. The Morgan fingerprint density at radius 2 is 1.82 bits per heavy atom. The molecule has 0 saturated heterocycles. The van der Waals surface area contributed by atoms with Gasteiger partial charge in [0.05, 0.1) is 10.6 Å². The summed E-state index contributed by atoms with van der Waals surface area (Å²) in [7, 11) is 1.66. The molecule has 3 aromatic rings. The van der Waals surface area contributed by atoms with E-state index >= 15 is 0 Å². The normalized spacial score (nSPS) is 14.1. The van der Waals surface area contributed by atoms with Crippen LogP contribution < -0.4 is 15.1 Å². The van der Waals surface area contributed by atoms with E-state index < -0.39 is 0 Å². The molecular formula is C27H26FN3O2S. The highest BCUT2D eigenvalue weighted by atomic mass is 32.2. The number of thioether (sulfide) groups is 1. The van der Waals surface area contributed by atoms with Crippen molar-refractivity contribution in [3.63, 3.8) is 0 Å². The third-order valence-electron chi connectivity index (χ3n) is 5.68. The molecule has 174 valence electrons. The van der Waals surface area contributed by atoms with Gasteiger partial charge in [-0.15, -0.1) is 0 Å². The molecule has 0 atom stereocenters. The van der Waals surface area contributed by atoms with Crippen molar-refractivity contribution in [2.45, 2.75) is 11.8 Å². The number of likely N-dealkylation sites (N-methyl/N-ethyl adjacent to an activating group) is 2. The van der Waals surface area contributed by atoms with E-state index in [4.69, 9.17) is 0 Å². The number of nitrogens with zero attached hydrogens (tertiary/aromatic N) is 2. The van der Waals surface area contributed by atoms with E-state index in [1.807, 2.05) is 36.4 Å². The lowest BCUT2D eigenvalue weighted by atomic mass is 10.1. The summed E-state index contributed by atoms with van der Waals surface area (Å²) in [6, 6.07) is 21.7. The van der Waals surface area contributed by atoms with E-state index in [1.165, 1.54) is 22.7 Å². The number of hydrogen-bond donors (Lipinski definition) is 1. The smallest absolute Gasteiger partial charge is 0.264 e. The number of para-hydroxylation sites is 1. The van der Waals surface area contributed by atoms with Gasteiger partial charge in [0.15, 0.2) is 0 Å². The first-order valence-electron chi connectivity index (χ1n) is 11.1. The van der Waals surface area contributed by atoms with Crippen molar-refractivity contribution in [3.8, 4) is 0 Å². The summed E-state index contributed by atoms with van der Waals surface area (Å²) in [6.07, 6.45) is 1.56. The zero-order valence-corrected chi connectivity index (χ0v) is 19.9. The first-order chi connectivity index (χ1) is 16.5. The number of fused-ring (bicyclic) bond motifs is 1. The third kappa shape index (κ3) is 5.15. The Hall–Kier alpha value is -3.58. The Balaban J connectivity index is 1.45. The topological polar surface area (TPSA) is 52.7 Å². The fourth-order valence-electron chi connectivity index (χ4n) is 3.78. The van der Waals surface area contributed by atoms with Crippen LogP contribution in [0.4, 0.5) is 15.8 Å². The molecule has 0 saturated carbocycles. The Morgan fingerprint density at radius 3 is 2.56 bits per heavy atom. The zero-order valence-electron chi connectivity index (χ0n) is 19.1. The van der Waals surface area contributed by atoms with Gasteiger partial charge in [-0.3, -0.25) is 9.59 Å². The van der Waals surface area contributed by atoms with Crippen LogP contribution >= 0.6 is 11.8 Å². The summed E-state index contributed by atoms with van der Waals surface area (Å²) < 4.78 is 14.1. The molecule has 1 aliphatic rings. The molecule has 0 bridgehead atoms. The van der Waals surface area contributed by atoms with Crippen LogP contribution in [-0.4, -0.2) is 38.5 Å². The van der Waals surface area contributed by atoms with Crippen molar-refractivity contribution in [3.05, 3.63) is 94.6 Å². The summed E-state index contributed by atoms with van der Waals surface area (Å²) in [6.45, 7) is 4.11. The van der Waals surface area contributed by atoms with Gasteiger partial charge >= 0.3 is 0 Å². The zero-order chi connectivity index (χ0) is 24.1. The standard InChI is InChI=1S/C27H26FN3O2S/c1-3-31(21-10-5-4-6-11-21)16-15-29-26(32)20-13-14-24-23(17-20)30(2)27(33)25(34-24)18-19-9-7-8-12-22(19)28/h4-14,17-18H,3,15-16H2,1-2H3,(H,29,32)/b25-18-. The molecule has 1 heterocycles. The predicted octanol–water partition coefficient (Wildman–Crippen LogP) is 5.19. The van der Waals surface area contributed by atoms with Gasteiger partial charge in [-0.05, 0) is 49.4 Å². The van der Waals surface area contributed by atoms with Gasteiger partial charge in [-0.25, -0.2) is 4.39 Å². The quantitative estimate of drug-likeness (QED) is 0.478. The van der Waals surface area contributed by atoms with Crippen LogP contribution in [0.15, 0.2) is 82.6 Å². The molecule has 0 unspecified atom stereocenters. The van der Waals surface area contributed by atoms with Crippen LogP contribution in [0.25, 0.3) is 6.08 Å². The van der Waals surface area contributed by atoms with Gasteiger partial charge in [0.2, 0.25) is 0 Å². The van der Waals surface area contributed by atoms with Crippen LogP contribution in [0.3, 0.4) is 0 Å². The van der Waals surface area contributed by atoms with Gasteiger partial charge in [0, 0.05) is 48.4 Å². The summed E-state index contributed by atoms with van der Waals surface area (Å²) in [4.78, 5) is 30.6. The molecule has 34 heavy (non-hydrogen) atoms. The molecule has 0 aliphatic carbocycles. The highest BCUT2D eigenvalue weighted by molar-refractivity contribution is 8.04. The van der Waals surface area contributed by atoms with Crippen molar-refractivity contribution in [1.29, 1.82) is 0 Å². The van der Waals surface area contributed by atoms with Gasteiger partial charge < -0.3 is 15.1 Å². The number of amides is 2. The lowest BCUT2D eigenvalue weighted by Gasteiger charge is -2.27. The molecule has 0 aromatic heterocycles. The first kappa shape index (κ1) is 23.6. The molecule has 4 rings (SSSR count). The molecular weight excluding hydrogens is 449 g/mol. The van der Waals surface area contributed by atoms with Gasteiger partial charge in [0.25, 0.3) is 11.8 Å². The predicted molar refractivity (Wildman–Crippen MR) is 137 cm³/mol. The SMILES string of the molecule is CCN(CCNC(=O)c1ccc2c(c1)N(C)C(=O)/C(=C/c1ccccc1F)S2)c1ccccc1. The fraction of sp³-hybridized carbons (Fsp3) is 0.185. The maximum atomic E-state index is 14.1. The van der Waals surface area contributed by atoms with Crippen LogP contribution in [0.1, 0.15) is 22.8 Å². The van der Waals surface area contributed by atoms with Gasteiger partial charge in [-0.2, -0.15) is 0 Å². The Kier molecular flexibility index (Phi) is 7.33. The highest BCUT2D eigenvalue weighted by Crippen LogP contribution is 2.42.